The number of benzene rings is 1. The first kappa shape index (κ1) is 17.6. The number of hydrazine groups is 1. The van der Waals surface area contributed by atoms with Gasteiger partial charge in [0.1, 0.15) is 5.82 Å². The maximum atomic E-state index is 13.9. The first-order chi connectivity index (χ1) is 9.70. The van der Waals surface area contributed by atoms with Crippen molar-refractivity contribution in [2.75, 3.05) is 0 Å². The Kier molecular flexibility index (Phi) is 9.07. The molecule has 0 aromatic heterocycles. The molecule has 1 aromatic rings. The summed E-state index contributed by atoms with van der Waals surface area (Å²) >= 11 is 3.40. The molecule has 114 valence electrons. The van der Waals surface area contributed by atoms with Crippen molar-refractivity contribution >= 4 is 15.9 Å². The molecular formula is C16H26BrFN2. The SMILES string of the molecule is CCCCCCCCCC(NN)c1c(F)cccc1Br. The second-order valence-electron chi connectivity index (χ2n) is 5.26. The maximum Gasteiger partial charge on any atom is 0.129 e. The quantitative estimate of drug-likeness (QED) is 0.346. The lowest BCUT2D eigenvalue weighted by Gasteiger charge is -2.18. The van der Waals surface area contributed by atoms with Crippen molar-refractivity contribution in [1.82, 2.24) is 5.43 Å². The van der Waals surface area contributed by atoms with Crippen LogP contribution in [0.4, 0.5) is 4.39 Å². The fourth-order valence-electron chi connectivity index (χ4n) is 2.46. The smallest absolute Gasteiger partial charge is 0.129 e. The lowest BCUT2D eigenvalue weighted by atomic mass is 9.99. The largest absolute Gasteiger partial charge is 0.271 e. The molecule has 0 saturated carbocycles. The molecule has 2 nitrogen and oxygen atoms in total. The molecule has 0 heterocycles. The number of hydrogen-bond donors (Lipinski definition) is 2. The summed E-state index contributed by atoms with van der Waals surface area (Å²) in [6.45, 7) is 2.23. The molecule has 1 rings (SSSR count). The standard InChI is InChI=1S/C16H26BrFN2/c1-2-3-4-5-6-7-8-12-15(20-19)16-13(17)10-9-11-14(16)18/h9-11,15,20H,2-8,12,19H2,1H3. The van der Waals surface area contributed by atoms with Crippen molar-refractivity contribution in [3.8, 4) is 0 Å². The van der Waals surface area contributed by atoms with E-state index < -0.39 is 0 Å². The minimum absolute atomic E-state index is 0.124. The summed E-state index contributed by atoms with van der Waals surface area (Å²) < 4.78 is 14.7. The van der Waals surface area contributed by atoms with Gasteiger partial charge in [-0.15, -0.1) is 0 Å². The highest BCUT2D eigenvalue weighted by molar-refractivity contribution is 9.10. The molecule has 4 heteroatoms. The van der Waals surface area contributed by atoms with E-state index in [1.807, 2.05) is 6.07 Å². The van der Waals surface area contributed by atoms with Crippen LogP contribution in [0.25, 0.3) is 0 Å². The van der Waals surface area contributed by atoms with Crippen LogP contribution < -0.4 is 11.3 Å². The van der Waals surface area contributed by atoms with E-state index in [1.165, 1.54) is 44.6 Å². The van der Waals surface area contributed by atoms with Gasteiger partial charge in [0, 0.05) is 16.1 Å². The van der Waals surface area contributed by atoms with Gasteiger partial charge in [0.2, 0.25) is 0 Å². The Bertz CT molecular complexity index is 364. The zero-order valence-electron chi connectivity index (χ0n) is 12.3. The van der Waals surface area contributed by atoms with Crippen LogP contribution in [0.15, 0.2) is 22.7 Å². The van der Waals surface area contributed by atoms with E-state index in [4.69, 9.17) is 5.84 Å². The first-order valence-electron chi connectivity index (χ1n) is 7.60. The molecule has 1 unspecified atom stereocenters. The molecule has 0 bridgehead atoms. The molecule has 0 fully saturated rings. The van der Waals surface area contributed by atoms with Crippen molar-refractivity contribution in [3.63, 3.8) is 0 Å². The Labute approximate surface area is 130 Å². The zero-order valence-corrected chi connectivity index (χ0v) is 13.9. The minimum Gasteiger partial charge on any atom is -0.271 e. The molecule has 3 N–H and O–H groups in total. The van der Waals surface area contributed by atoms with Crippen LogP contribution in [0.1, 0.15) is 69.9 Å². The number of hydrogen-bond acceptors (Lipinski definition) is 2. The highest BCUT2D eigenvalue weighted by Crippen LogP contribution is 2.29. The Hall–Kier alpha value is -0.450. The minimum atomic E-state index is -0.203. The average molecular weight is 345 g/mol. The van der Waals surface area contributed by atoms with Gasteiger partial charge >= 0.3 is 0 Å². The maximum absolute atomic E-state index is 13.9. The lowest BCUT2D eigenvalue weighted by Crippen LogP contribution is -2.29. The zero-order chi connectivity index (χ0) is 14.8. The molecule has 0 aliphatic rings. The molecular weight excluding hydrogens is 319 g/mol. The van der Waals surface area contributed by atoms with E-state index in [1.54, 1.807) is 6.07 Å². The highest BCUT2D eigenvalue weighted by Gasteiger charge is 2.16. The summed E-state index contributed by atoms with van der Waals surface area (Å²) in [6.07, 6.45) is 9.62. The second-order valence-corrected chi connectivity index (χ2v) is 6.12. The van der Waals surface area contributed by atoms with Gasteiger partial charge in [0.15, 0.2) is 0 Å². The van der Waals surface area contributed by atoms with Crippen molar-refractivity contribution in [3.05, 3.63) is 34.1 Å². The predicted molar refractivity (Wildman–Crippen MR) is 86.8 cm³/mol. The highest BCUT2D eigenvalue weighted by atomic mass is 79.9. The molecule has 1 aromatic carbocycles. The number of halogens is 2. The normalized spacial score (nSPS) is 12.6. The molecule has 1 atom stereocenters. The topological polar surface area (TPSA) is 38.0 Å². The second kappa shape index (κ2) is 10.3. The van der Waals surface area contributed by atoms with Gasteiger partial charge in [-0.2, -0.15) is 0 Å². The molecule has 0 aliphatic heterocycles. The van der Waals surface area contributed by atoms with Gasteiger partial charge in [0.25, 0.3) is 0 Å². The van der Waals surface area contributed by atoms with Gasteiger partial charge in [-0.05, 0) is 18.6 Å². The fraction of sp³-hybridized carbons (Fsp3) is 0.625. The van der Waals surface area contributed by atoms with Crippen LogP contribution in [0, 0.1) is 5.82 Å². The van der Waals surface area contributed by atoms with Crippen LogP contribution in [0.3, 0.4) is 0 Å². The third kappa shape index (κ3) is 5.90. The third-order valence-corrected chi connectivity index (χ3v) is 4.34. The third-order valence-electron chi connectivity index (χ3n) is 3.65. The van der Waals surface area contributed by atoms with E-state index in [0.29, 0.717) is 5.56 Å². The Morgan fingerprint density at radius 3 is 2.40 bits per heavy atom. The lowest BCUT2D eigenvalue weighted by molar-refractivity contribution is 0.455. The molecule has 0 aliphatic carbocycles. The van der Waals surface area contributed by atoms with E-state index in [0.717, 1.165) is 17.3 Å². The van der Waals surface area contributed by atoms with Crippen LogP contribution >= 0.6 is 15.9 Å². The Morgan fingerprint density at radius 1 is 1.15 bits per heavy atom. The van der Waals surface area contributed by atoms with Gasteiger partial charge in [-0.25, -0.2) is 4.39 Å². The summed E-state index contributed by atoms with van der Waals surface area (Å²) in [5.74, 6) is 5.38. The van der Waals surface area contributed by atoms with Crippen molar-refractivity contribution in [2.45, 2.75) is 64.3 Å². The fourth-order valence-corrected chi connectivity index (χ4v) is 3.08. The molecule has 0 spiro atoms. The van der Waals surface area contributed by atoms with E-state index in [2.05, 4.69) is 28.3 Å². The number of nitrogens with one attached hydrogen (secondary N) is 1. The van der Waals surface area contributed by atoms with Gasteiger partial charge in [0.05, 0.1) is 0 Å². The summed E-state index contributed by atoms with van der Waals surface area (Å²) in [7, 11) is 0. The van der Waals surface area contributed by atoms with Crippen molar-refractivity contribution < 1.29 is 4.39 Å². The predicted octanol–water partition coefficient (Wildman–Crippen LogP) is 5.23. The van der Waals surface area contributed by atoms with Crippen molar-refractivity contribution in [1.29, 1.82) is 0 Å². The van der Waals surface area contributed by atoms with Crippen molar-refractivity contribution in [2.24, 2.45) is 5.84 Å². The average Bonchev–Trinajstić information content (AvgIpc) is 2.44. The number of nitrogens with two attached hydrogens (primary N) is 1. The van der Waals surface area contributed by atoms with Gasteiger partial charge < -0.3 is 0 Å². The monoisotopic (exact) mass is 344 g/mol. The molecule has 0 radical (unpaired) electrons. The van der Waals surface area contributed by atoms with Crippen LogP contribution in [0.2, 0.25) is 0 Å². The summed E-state index contributed by atoms with van der Waals surface area (Å²) in [4.78, 5) is 0. The molecule has 20 heavy (non-hydrogen) atoms. The van der Waals surface area contributed by atoms with Crippen LogP contribution in [-0.2, 0) is 0 Å². The van der Waals surface area contributed by atoms with Gasteiger partial charge in [-0.1, -0.05) is 73.9 Å². The molecule has 0 amide bonds. The summed E-state index contributed by atoms with van der Waals surface area (Å²) in [5, 5.41) is 0. The number of unbranched alkanes of at least 4 members (excludes halogenated alkanes) is 6. The van der Waals surface area contributed by atoms with Gasteiger partial charge in [-0.3, -0.25) is 11.3 Å². The summed E-state index contributed by atoms with van der Waals surface area (Å²) in [5.41, 5.74) is 3.38. The Morgan fingerprint density at radius 2 is 1.80 bits per heavy atom. The number of rotatable bonds is 10. The van der Waals surface area contributed by atoms with E-state index in [-0.39, 0.29) is 11.9 Å². The Balaban J connectivity index is 2.36. The van der Waals surface area contributed by atoms with E-state index >= 15 is 0 Å². The first-order valence-corrected chi connectivity index (χ1v) is 8.40. The molecule has 0 saturated heterocycles. The van der Waals surface area contributed by atoms with Crippen LogP contribution in [-0.4, -0.2) is 0 Å². The summed E-state index contributed by atoms with van der Waals surface area (Å²) in [6, 6.07) is 4.91. The van der Waals surface area contributed by atoms with E-state index in [9.17, 15) is 4.39 Å². The van der Waals surface area contributed by atoms with Crippen LogP contribution in [0.5, 0.6) is 0 Å².